The van der Waals surface area contributed by atoms with Gasteiger partial charge in [-0.15, -0.1) is 24.0 Å². The van der Waals surface area contributed by atoms with Gasteiger partial charge in [-0.3, -0.25) is 0 Å². The van der Waals surface area contributed by atoms with Crippen molar-refractivity contribution in [2.45, 2.75) is 39.5 Å². The van der Waals surface area contributed by atoms with E-state index in [2.05, 4.69) is 35.3 Å². The van der Waals surface area contributed by atoms with Gasteiger partial charge in [0.05, 0.1) is 26.4 Å². The fourth-order valence-corrected chi connectivity index (χ4v) is 4.00. The van der Waals surface area contributed by atoms with Crippen LogP contribution in [0.3, 0.4) is 0 Å². The van der Waals surface area contributed by atoms with Crippen LogP contribution in [0.15, 0.2) is 23.2 Å². The molecule has 0 aromatic heterocycles. The van der Waals surface area contributed by atoms with Crippen molar-refractivity contribution in [3.8, 4) is 0 Å². The Kier molecular flexibility index (Phi) is 6.22. The first-order valence-electron chi connectivity index (χ1n) is 9.07. The molecule has 4 rings (SSSR count). The number of likely N-dealkylation sites (tertiary alicyclic amines) is 1. The van der Waals surface area contributed by atoms with E-state index < -0.39 is 0 Å². The maximum absolute atomic E-state index is 5.64. The number of benzene rings is 1. The first-order valence-corrected chi connectivity index (χ1v) is 9.07. The van der Waals surface area contributed by atoms with Gasteiger partial charge in [0.25, 0.3) is 0 Å². The highest BCUT2D eigenvalue weighted by atomic mass is 127. The predicted molar refractivity (Wildman–Crippen MR) is 109 cm³/mol. The lowest BCUT2D eigenvalue weighted by atomic mass is 9.87. The normalized spacial score (nSPS) is 25.3. The molecular weight excluding hydrogens is 429 g/mol. The molecule has 1 atom stereocenters. The van der Waals surface area contributed by atoms with Crippen molar-refractivity contribution in [1.82, 2.24) is 10.2 Å². The van der Waals surface area contributed by atoms with Crippen molar-refractivity contribution in [3.05, 3.63) is 34.9 Å². The Hall–Kier alpha value is -0.860. The quantitative estimate of drug-likeness (QED) is 0.431. The standard InChI is InChI=1S/C19H27N3O2.HI/c1-2-20-18(22-7-5-19(13-22)6-8-23-14-19)21-10-15-3-4-16-11-24-12-17(16)9-15;/h3-4,9H,2,5-8,10-14H2,1H3,(H,20,21);1H. The van der Waals surface area contributed by atoms with E-state index in [1.807, 2.05) is 0 Å². The van der Waals surface area contributed by atoms with Gasteiger partial charge >= 0.3 is 0 Å². The van der Waals surface area contributed by atoms with Crippen molar-refractivity contribution in [3.63, 3.8) is 0 Å². The zero-order valence-corrected chi connectivity index (χ0v) is 17.3. The Morgan fingerprint density at radius 3 is 2.92 bits per heavy atom. The molecule has 1 N–H and O–H groups in total. The Balaban J connectivity index is 0.00000182. The van der Waals surface area contributed by atoms with Crippen molar-refractivity contribution in [1.29, 1.82) is 0 Å². The Morgan fingerprint density at radius 1 is 1.24 bits per heavy atom. The van der Waals surface area contributed by atoms with Gasteiger partial charge in [0.2, 0.25) is 0 Å². The van der Waals surface area contributed by atoms with E-state index in [0.717, 1.165) is 58.6 Å². The zero-order chi connectivity index (χ0) is 16.4. The molecule has 0 bridgehead atoms. The summed E-state index contributed by atoms with van der Waals surface area (Å²) < 4.78 is 11.1. The lowest BCUT2D eigenvalue weighted by Gasteiger charge is -2.25. The van der Waals surface area contributed by atoms with E-state index in [9.17, 15) is 0 Å². The third-order valence-corrected chi connectivity index (χ3v) is 5.45. The van der Waals surface area contributed by atoms with Crippen LogP contribution in [0.1, 0.15) is 36.5 Å². The molecule has 2 saturated heterocycles. The van der Waals surface area contributed by atoms with Crippen LogP contribution in [0.4, 0.5) is 0 Å². The van der Waals surface area contributed by atoms with E-state index in [0.29, 0.717) is 5.41 Å². The lowest BCUT2D eigenvalue weighted by molar-refractivity contribution is 0.134. The van der Waals surface area contributed by atoms with Gasteiger partial charge in [-0.2, -0.15) is 0 Å². The number of aliphatic imine (C=N–C) groups is 1. The summed E-state index contributed by atoms with van der Waals surface area (Å²) in [6, 6.07) is 6.60. The Bertz CT molecular complexity index is 629. The van der Waals surface area contributed by atoms with E-state index in [1.54, 1.807) is 0 Å². The minimum Gasteiger partial charge on any atom is -0.381 e. The van der Waals surface area contributed by atoms with E-state index in [1.165, 1.54) is 29.5 Å². The monoisotopic (exact) mass is 457 g/mol. The molecule has 138 valence electrons. The number of rotatable bonds is 3. The minimum absolute atomic E-state index is 0. The molecule has 0 aliphatic carbocycles. The highest BCUT2D eigenvalue weighted by Crippen LogP contribution is 2.38. The van der Waals surface area contributed by atoms with Crippen molar-refractivity contribution in [2.24, 2.45) is 10.4 Å². The number of fused-ring (bicyclic) bond motifs is 1. The summed E-state index contributed by atoms with van der Waals surface area (Å²) >= 11 is 0. The van der Waals surface area contributed by atoms with Gasteiger partial charge in [-0.05, 0) is 36.5 Å². The van der Waals surface area contributed by atoms with Gasteiger partial charge in [0, 0.05) is 31.7 Å². The van der Waals surface area contributed by atoms with Crippen LogP contribution < -0.4 is 5.32 Å². The third-order valence-electron chi connectivity index (χ3n) is 5.45. The number of guanidine groups is 1. The number of ether oxygens (including phenoxy) is 2. The second-order valence-electron chi connectivity index (χ2n) is 7.24. The molecule has 3 aliphatic rings. The van der Waals surface area contributed by atoms with E-state index in [-0.39, 0.29) is 24.0 Å². The number of hydrogen-bond donors (Lipinski definition) is 1. The Labute approximate surface area is 167 Å². The smallest absolute Gasteiger partial charge is 0.194 e. The lowest BCUT2D eigenvalue weighted by Crippen LogP contribution is -2.41. The van der Waals surface area contributed by atoms with Crippen molar-refractivity contribution < 1.29 is 9.47 Å². The molecule has 0 amide bonds. The average molecular weight is 457 g/mol. The predicted octanol–water partition coefficient (Wildman–Crippen LogP) is 2.91. The summed E-state index contributed by atoms with van der Waals surface area (Å²) in [5, 5.41) is 3.46. The summed E-state index contributed by atoms with van der Waals surface area (Å²) in [4.78, 5) is 7.31. The summed E-state index contributed by atoms with van der Waals surface area (Å²) in [5.41, 5.74) is 4.25. The topological polar surface area (TPSA) is 46.1 Å². The number of halogens is 1. The molecule has 1 unspecified atom stereocenters. The van der Waals surface area contributed by atoms with Gasteiger partial charge in [-0.25, -0.2) is 4.99 Å². The average Bonchev–Trinajstić information content (AvgIpc) is 3.33. The van der Waals surface area contributed by atoms with E-state index in [4.69, 9.17) is 14.5 Å². The van der Waals surface area contributed by atoms with Crippen LogP contribution in [0.5, 0.6) is 0 Å². The molecule has 25 heavy (non-hydrogen) atoms. The highest BCUT2D eigenvalue weighted by Gasteiger charge is 2.42. The molecule has 1 aromatic rings. The molecule has 3 heterocycles. The van der Waals surface area contributed by atoms with Gasteiger partial charge in [0.1, 0.15) is 0 Å². The molecule has 3 aliphatic heterocycles. The van der Waals surface area contributed by atoms with Crippen LogP contribution in [-0.4, -0.2) is 43.7 Å². The van der Waals surface area contributed by atoms with Crippen LogP contribution in [0, 0.1) is 5.41 Å². The van der Waals surface area contributed by atoms with Gasteiger partial charge in [0.15, 0.2) is 5.96 Å². The summed E-state index contributed by atoms with van der Waals surface area (Å²) in [5.74, 6) is 1.04. The fraction of sp³-hybridized carbons (Fsp3) is 0.632. The summed E-state index contributed by atoms with van der Waals surface area (Å²) in [6.45, 7) is 9.21. The molecule has 1 aromatic carbocycles. The van der Waals surface area contributed by atoms with Gasteiger partial charge < -0.3 is 19.7 Å². The summed E-state index contributed by atoms with van der Waals surface area (Å²) in [7, 11) is 0. The van der Waals surface area contributed by atoms with E-state index >= 15 is 0 Å². The molecule has 6 heteroatoms. The largest absolute Gasteiger partial charge is 0.381 e. The number of nitrogens with zero attached hydrogens (tertiary/aromatic N) is 2. The van der Waals surface area contributed by atoms with Gasteiger partial charge in [-0.1, -0.05) is 18.2 Å². The molecule has 0 radical (unpaired) electrons. The zero-order valence-electron chi connectivity index (χ0n) is 14.9. The maximum atomic E-state index is 5.64. The van der Waals surface area contributed by atoms with Crippen LogP contribution >= 0.6 is 24.0 Å². The molecular formula is C19H28IN3O2. The van der Waals surface area contributed by atoms with Crippen LogP contribution in [0.2, 0.25) is 0 Å². The molecule has 2 fully saturated rings. The second-order valence-corrected chi connectivity index (χ2v) is 7.24. The summed E-state index contributed by atoms with van der Waals surface area (Å²) in [6.07, 6.45) is 2.40. The minimum atomic E-state index is 0. The van der Waals surface area contributed by atoms with Crippen molar-refractivity contribution >= 4 is 29.9 Å². The molecule has 5 nitrogen and oxygen atoms in total. The Morgan fingerprint density at radius 2 is 2.12 bits per heavy atom. The number of hydrogen-bond acceptors (Lipinski definition) is 3. The number of nitrogens with one attached hydrogen (secondary N) is 1. The third kappa shape index (κ3) is 4.11. The molecule has 0 saturated carbocycles. The highest BCUT2D eigenvalue weighted by molar-refractivity contribution is 14.0. The fourth-order valence-electron chi connectivity index (χ4n) is 4.00. The molecule has 1 spiro atoms. The SMILES string of the molecule is CCNC(=NCc1ccc2c(c1)COC2)N1CCC2(CCOC2)C1.I. The van der Waals surface area contributed by atoms with Crippen LogP contribution in [0.25, 0.3) is 0 Å². The maximum Gasteiger partial charge on any atom is 0.194 e. The van der Waals surface area contributed by atoms with Crippen LogP contribution in [-0.2, 0) is 29.2 Å². The first-order chi connectivity index (χ1) is 11.8. The van der Waals surface area contributed by atoms with Crippen molar-refractivity contribution in [2.75, 3.05) is 32.8 Å². The second kappa shape index (κ2) is 8.22. The first kappa shape index (κ1) is 18.9.